The molecule has 3 heteroatoms. The van der Waals surface area contributed by atoms with E-state index in [4.69, 9.17) is 4.74 Å². The third-order valence-corrected chi connectivity index (χ3v) is 3.57. The summed E-state index contributed by atoms with van der Waals surface area (Å²) in [5.41, 5.74) is 0.860. The van der Waals surface area contributed by atoms with Crippen LogP contribution in [-0.2, 0) is 0 Å². The van der Waals surface area contributed by atoms with Crippen molar-refractivity contribution in [1.29, 1.82) is 0 Å². The SMILES string of the molecule is Cc1ccc(OCC2(O)CCCCC2)c(C=O)c1. The minimum atomic E-state index is -0.719. The summed E-state index contributed by atoms with van der Waals surface area (Å²) in [5.74, 6) is 0.564. The minimum absolute atomic E-state index is 0.275. The first-order valence-corrected chi connectivity index (χ1v) is 6.54. The molecule has 1 aromatic rings. The van der Waals surface area contributed by atoms with E-state index in [-0.39, 0.29) is 6.61 Å². The highest BCUT2D eigenvalue weighted by atomic mass is 16.5. The van der Waals surface area contributed by atoms with Gasteiger partial charge in [0.2, 0.25) is 0 Å². The van der Waals surface area contributed by atoms with Gasteiger partial charge in [0.1, 0.15) is 12.4 Å². The molecule has 1 saturated carbocycles. The van der Waals surface area contributed by atoms with Crippen molar-refractivity contribution in [2.24, 2.45) is 0 Å². The van der Waals surface area contributed by atoms with E-state index >= 15 is 0 Å². The minimum Gasteiger partial charge on any atom is -0.490 e. The lowest BCUT2D eigenvalue weighted by molar-refractivity contribution is -0.0340. The van der Waals surface area contributed by atoms with E-state index in [0.717, 1.165) is 37.5 Å². The topological polar surface area (TPSA) is 46.5 Å². The van der Waals surface area contributed by atoms with E-state index in [1.807, 2.05) is 13.0 Å². The van der Waals surface area contributed by atoms with Crippen molar-refractivity contribution < 1.29 is 14.6 Å². The van der Waals surface area contributed by atoms with Gasteiger partial charge in [0.15, 0.2) is 6.29 Å². The van der Waals surface area contributed by atoms with E-state index in [1.54, 1.807) is 12.1 Å². The van der Waals surface area contributed by atoms with Gasteiger partial charge in [-0.3, -0.25) is 4.79 Å². The second-order valence-corrected chi connectivity index (χ2v) is 5.23. The number of aryl methyl sites for hydroxylation is 1. The van der Waals surface area contributed by atoms with Gasteiger partial charge in [-0.1, -0.05) is 30.9 Å². The van der Waals surface area contributed by atoms with Crippen molar-refractivity contribution in [1.82, 2.24) is 0 Å². The molecule has 1 aliphatic rings. The highest BCUT2D eigenvalue weighted by molar-refractivity contribution is 5.79. The van der Waals surface area contributed by atoms with Crippen LogP contribution < -0.4 is 4.74 Å². The molecule has 1 aliphatic carbocycles. The molecule has 0 aliphatic heterocycles. The summed E-state index contributed by atoms with van der Waals surface area (Å²) in [6.07, 6.45) is 5.66. The Morgan fingerprint density at radius 1 is 1.33 bits per heavy atom. The van der Waals surface area contributed by atoms with E-state index in [2.05, 4.69) is 0 Å². The lowest BCUT2D eigenvalue weighted by atomic mass is 9.85. The molecule has 0 atom stereocenters. The lowest BCUT2D eigenvalue weighted by Gasteiger charge is -2.31. The molecule has 1 N–H and O–H groups in total. The summed E-state index contributed by atoms with van der Waals surface area (Å²) in [6, 6.07) is 5.51. The molecule has 98 valence electrons. The zero-order valence-electron chi connectivity index (χ0n) is 10.8. The number of hydrogen-bond donors (Lipinski definition) is 1. The van der Waals surface area contributed by atoms with Crippen LogP contribution in [-0.4, -0.2) is 23.6 Å². The largest absolute Gasteiger partial charge is 0.490 e. The Bertz CT molecular complexity index is 420. The standard InChI is InChI=1S/C15H20O3/c1-12-5-6-14(13(9-12)10-16)18-11-15(17)7-3-2-4-8-15/h5-6,9-10,17H,2-4,7-8,11H2,1H3. The van der Waals surface area contributed by atoms with Crippen LogP contribution in [0.15, 0.2) is 18.2 Å². The van der Waals surface area contributed by atoms with Crippen LogP contribution in [0.4, 0.5) is 0 Å². The molecule has 0 aromatic heterocycles. The number of ether oxygens (including phenoxy) is 1. The Morgan fingerprint density at radius 2 is 2.06 bits per heavy atom. The summed E-state index contributed by atoms with van der Waals surface area (Å²) in [5, 5.41) is 10.3. The molecule has 0 heterocycles. The molecule has 0 spiro atoms. The first kappa shape index (κ1) is 13.1. The van der Waals surface area contributed by atoms with Gasteiger partial charge in [0.25, 0.3) is 0 Å². The van der Waals surface area contributed by atoms with Crippen LogP contribution in [0.2, 0.25) is 0 Å². The van der Waals surface area contributed by atoms with Crippen LogP contribution >= 0.6 is 0 Å². The average Bonchev–Trinajstić information content (AvgIpc) is 2.38. The van der Waals surface area contributed by atoms with Crippen LogP contribution in [0.3, 0.4) is 0 Å². The first-order chi connectivity index (χ1) is 8.63. The third kappa shape index (κ3) is 3.10. The Hall–Kier alpha value is -1.35. The van der Waals surface area contributed by atoms with Gasteiger partial charge in [-0.15, -0.1) is 0 Å². The predicted molar refractivity (Wildman–Crippen MR) is 70.1 cm³/mol. The molecule has 2 rings (SSSR count). The molecule has 3 nitrogen and oxygen atoms in total. The van der Waals surface area contributed by atoms with Crippen LogP contribution in [0.25, 0.3) is 0 Å². The maximum atomic E-state index is 11.0. The monoisotopic (exact) mass is 248 g/mol. The quantitative estimate of drug-likeness (QED) is 0.833. The van der Waals surface area contributed by atoms with Gasteiger partial charge in [0.05, 0.1) is 11.2 Å². The Kier molecular flexibility index (Phi) is 4.02. The summed E-state index contributed by atoms with van der Waals surface area (Å²) in [7, 11) is 0. The fourth-order valence-electron chi connectivity index (χ4n) is 2.46. The molecule has 0 unspecified atom stereocenters. The number of benzene rings is 1. The Balaban J connectivity index is 2.03. The van der Waals surface area contributed by atoms with Crippen molar-refractivity contribution in [2.75, 3.05) is 6.61 Å². The maximum absolute atomic E-state index is 11.0. The number of carbonyl (C=O) groups is 1. The fourth-order valence-corrected chi connectivity index (χ4v) is 2.46. The number of aldehydes is 1. The van der Waals surface area contributed by atoms with Gasteiger partial charge in [-0.2, -0.15) is 0 Å². The van der Waals surface area contributed by atoms with E-state index < -0.39 is 5.60 Å². The highest BCUT2D eigenvalue weighted by Crippen LogP contribution is 2.29. The zero-order chi connectivity index (χ0) is 13.0. The smallest absolute Gasteiger partial charge is 0.153 e. The summed E-state index contributed by atoms with van der Waals surface area (Å²) in [4.78, 5) is 11.0. The maximum Gasteiger partial charge on any atom is 0.153 e. The van der Waals surface area contributed by atoms with Crippen LogP contribution in [0.1, 0.15) is 48.0 Å². The molecule has 0 radical (unpaired) electrons. The number of rotatable bonds is 4. The van der Waals surface area contributed by atoms with Crippen molar-refractivity contribution >= 4 is 6.29 Å². The van der Waals surface area contributed by atoms with Crippen LogP contribution in [0.5, 0.6) is 5.75 Å². The zero-order valence-corrected chi connectivity index (χ0v) is 10.8. The molecule has 0 saturated heterocycles. The lowest BCUT2D eigenvalue weighted by Crippen LogP contribution is -2.38. The van der Waals surface area contributed by atoms with Gasteiger partial charge >= 0.3 is 0 Å². The third-order valence-electron chi connectivity index (χ3n) is 3.57. The van der Waals surface area contributed by atoms with Crippen molar-refractivity contribution in [3.63, 3.8) is 0 Å². The molecular formula is C15H20O3. The predicted octanol–water partition coefficient (Wildman–Crippen LogP) is 2.88. The summed E-state index contributed by atoms with van der Waals surface area (Å²) < 4.78 is 5.64. The first-order valence-electron chi connectivity index (χ1n) is 6.54. The number of hydrogen-bond acceptors (Lipinski definition) is 3. The Morgan fingerprint density at radius 3 is 2.72 bits per heavy atom. The van der Waals surface area contributed by atoms with Gasteiger partial charge in [0, 0.05) is 0 Å². The van der Waals surface area contributed by atoms with Crippen molar-refractivity contribution in [3.8, 4) is 5.75 Å². The highest BCUT2D eigenvalue weighted by Gasteiger charge is 2.30. The normalized spacial score (nSPS) is 18.3. The number of aliphatic hydroxyl groups is 1. The van der Waals surface area contributed by atoms with E-state index in [9.17, 15) is 9.90 Å². The van der Waals surface area contributed by atoms with Crippen molar-refractivity contribution in [3.05, 3.63) is 29.3 Å². The molecule has 1 fully saturated rings. The molecular weight excluding hydrogens is 228 g/mol. The van der Waals surface area contributed by atoms with Gasteiger partial charge in [-0.25, -0.2) is 0 Å². The molecule has 0 amide bonds. The van der Waals surface area contributed by atoms with E-state index in [0.29, 0.717) is 11.3 Å². The molecule has 0 bridgehead atoms. The summed E-state index contributed by atoms with van der Waals surface area (Å²) >= 11 is 0. The van der Waals surface area contributed by atoms with Gasteiger partial charge in [-0.05, 0) is 31.9 Å². The molecule has 1 aromatic carbocycles. The van der Waals surface area contributed by atoms with Crippen LogP contribution in [0, 0.1) is 6.92 Å². The second kappa shape index (κ2) is 5.53. The number of carbonyl (C=O) groups excluding carboxylic acids is 1. The average molecular weight is 248 g/mol. The second-order valence-electron chi connectivity index (χ2n) is 5.23. The molecule has 18 heavy (non-hydrogen) atoms. The van der Waals surface area contributed by atoms with Crippen molar-refractivity contribution in [2.45, 2.75) is 44.6 Å². The van der Waals surface area contributed by atoms with Gasteiger partial charge < -0.3 is 9.84 Å². The Labute approximate surface area is 108 Å². The summed E-state index contributed by atoms with van der Waals surface area (Å²) in [6.45, 7) is 2.21. The van der Waals surface area contributed by atoms with E-state index in [1.165, 1.54) is 6.42 Å². The fraction of sp³-hybridized carbons (Fsp3) is 0.533.